The zero-order valence-electron chi connectivity index (χ0n) is 43.3. The van der Waals surface area contributed by atoms with E-state index in [1.165, 1.54) is 0 Å². The van der Waals surface area contributed by atoms with Crippen molar-refractivity contribution in [2.45, 2.75) is 31.8 Å². The Kier molecular flexibility index (Phi) is 13.2. The molecule has 2 aliphatic rings. The van der Waals surface area contributed by atoms with Crippen molar-refractivity contribution in [3.8, 4) is 91.1 Å². The van der Waals surface area contributed by atoms with Gasteiger partial charge in [-0.3, -0.25) is 0 Å². The third kappa shape index (κ3) is 9.55. The minimum absolute atomic E-state index is 0.346. The van der Waals surface area contributed by atoms with Crippen LogP contribution in [0.5, 0.6) is 23.0 Å². The van der Waals surface area contributed by atoms with Crippen LogP contribution in [-0.2, 0) is 31.8 Å². The lowest BCUT2D eigenvalue weighted by Gasteiger charge is -2.31. The monoisotopic (exact) mass is 1180 g/mol. The Labute approximate surface area is 483 Å². The predicted octanol–water partition coefficient (Wildman–Crippen LogP) is 17.3. The van der Waals surface area contributed by atoms with Crippen LogP contribution in [0, 0.1) is 0 Å². The van der Waals surface area contributed by atoms with Crippen molar-refractivity contribution in [3.05, 3.63) is 284 Å². The van der Waals surface area contributed by atoms with Crippen molar-refractivity contribution in [1.82, 2.24) is 20.4 Å². The van der Waals surface area contributed by atoms with Gasteiger partial charge in [-0.15, -0.1) is 20.4 Å². The molecule has 0 amide bonds. The number of aromatic nitrogens is 4. The first-order valence-electron chi connectivity index (χ1n) is 26.4. The lowest BCUT2D eigenvalue weighted by atomic mass is 9.70. The van der Waals surface area contributed by atoms with Gasteiger partial charge in [-0.25, -0.2) is 0 Å². The fourth-order valence-corrected chi connectivity index (χ4v) is 11.8. The smallest absolute Gasteiger partial charge is 0.248 e. The van der Waals surface area contributed by atoms with Crippen LogP contribution >= 0.6 is 31.9 Å². The molecule has 10 aromatic carbocycles. The number of benzene rings is 10. The number of halogens is 2. The number of ether oxygens (including phenoxy) is 4. The SMILES string of the molecule is Brc1ccc2c(c1)C1(c3cc(Br)ccc3-2)c2cc(-c3nnc(-c4ccc(OCc5ccccc5)c(OCc5ccccc5)c4)o3)ccc2-c2ccc(-c3nnc(-c4ccc(OCc5ccccc5)c(OCc5ccccc5)c4)o3)cc21. The maximum atomic E-state index is 6.63. The molecule has 10 nitrogen and oxygen atoms in total. The van der Waals surface area contributed by atoms with E-state index in [-0.39, 0.29) is 0 Å². The Hall–Kier alpha value is -9.36. The molecule has 0 unspecified atom stereocenters. The molecule has 2 aromatic heterocycles. The van der Waals surface area contributed by atoms with Gasteiger partial charge in [-0.2, -0.15) is 0 Å². The Bertz CT molecular complexity index is 4010. The van der Waals surface area contributed by atoms with E-state index in [9.17, 15) is 0 Å². The van der Waals surface area contributed by atoms with Crippen LogP contribution in [0.1, 0.15) is 44.5 Å². The summed E-state index contributed by atoms with van der Waals surface area (Å²) in [5, 5.41) is 18.6. The molecule has 392 valence electrons. The minimum Gasteiger partial charge on any atom is -0.485 e. The second-order valence-corrected chi connectivity index (χ2v) is 21.7. The fourth-order valence-electron chi connectivity index (χ4n) is 11.0. The molecule has 0 aliphatic heterocycles. The van der Waals surface area contributed by atoms with Gasteiger partial charge in [0.05, 0.1) is 5.41 Å². The lowest BCUT2D eigenvalue weighted by Crippen LogP contribution is -2.26. The van der Waals surface area contributed by atoms with Crippen LogP contribution in [0.3, 0.4) is 0 Å². The molecule has 12 aromatic rings. The molecule has 0 bridgehead atoms. The van der Waals surface area contributed by atoms with E-state index in [4.69, 9.17) is 27.8 Å². The second-order valence-electron chi connectivity index (χ2n) is 19.9. The Morgan fingerprint density at radius 3 is 0.926 bits per heavy atom. The molecule has 0 saturated heterocycles. The molecule has 2 aliphatic carbocycles. The van der Waals surface area contributed by atoms with E-state index < -0.39 is 5.41 Å². The highest BCUT2D eigenvalue weighted by Crippen LogP contribution is 2.64. The molecule has 0 fully saturated rings. The molecule has 0 N–H and O–H groups in total. The maximum absolute atomic E-state index is 6.63. The Morgan fingerprint density at radius 1 is 0.296 bits per heavy atom. The number of nitrogens with zero attached hydrogens (tertiary/aromatic N) is 4. The quantitative estimate of drug-likeness (QED) is 0.0926. The first-order chi connectivity index (χ1) is 39.9. The largest absolute Gasteiger partial charge is 0.485 e. The standard InChI is InChI=1S/C69H46Br2N4O6/c70-51-25-29-55-56-30-26-52(71)38-60(56)69(59(55)37-51)57-33-47(65-72-74-67(80-65)49-23-31-61(76-39-43-13-5-1-6-14-43)63(35-49)78-41-45-17-9-3-10-18-45)21-27-53(57)54-28-22-48(34-58(54)69)66-73-75-68(81-66)50-24-32-62(77-40-44-15-7-2-8-16-44)64(36-50)79-42-46-19-11-4-12-20-46/h1-38H,39-42H2. The van der Waals surface area contributed by atoms with Crippen molar-refractivity contribution < 1.29 is 27.8 Å². The summed E-state index contributed by atoms with van der Waals surface area (Å²) in [6, 6.07) is 77.6. The highest BCUT2D eigenvalue weighted by molar-refractivity contribution is 9.10. The minimum atomic E-state index is -0.790. The normalized spacial score (nSPS) is 12.4. The number of rotatable bonds is 16. The first-order valence-corrected chi connectivity index (χ1v) is 28.0. The molecule has 1 spiro atoms. The summed E-state index contributed by atoms with van der Waals surface area (Å²) in [6.07, 6.45) is 0. The molecule has 2 heterocycles. The van der Waals surface area contributed by atoms with Crippen molar-refractivity contribution in [2.75, 3.05) is 0 Å². The van der Waals surface area contributed by atoms with Crippen LogP contribution in [0.4, 0.5) is 0 Å². The molecule has 14 rings (SSSR count). The van der Waals surface area contributed by atoms with Crippen LogP contribution in [-0.4, -0.2) is 20.4 Å². The zero-order valence-corrected chi connectivity index (χ0v) is 46.4. The molecular weight excluding hydrogens is 1140 g/mol. The third-order valence-corrected chi connectivity index (χ3v) is 15.9. The van der Waals surface area contributed by atoms with Crippen LogP contribution in [0.15, 0.2) is 248 Å². The Morgan fingerprint density at radius 2 is 0.580 bits per heavy atom. The first kappa shape index (κ1) is 49.9. The summed E-state index contributed by atoms with van der Waals surface area (Å²) in [5.74, 6) is 3.78. The highest BCUT2D eigenvalue weighted by atomic mass is 79.9. The average Bonchev–Trinajstić information content (AvgIpc) is 1.73. The summed E-state index contributed by atoms with van der Waals surface area (Å²) in [6.45, 7) is 1.47. The Balaban J connectivity index is 0.824. The van der Waals surface area contributed by atoms with Crippen LogP contribution in [0.25, 0.3) is 68.1 Å². The van der Waals surface area contributed by atoms with Crippen molar-refractivity contribution in [3.63, 3.8) is 0 Å². The van der Waals surface area contributed by atoms with Crippen molar-refractivity contribution >= 4 is 31.9 Å². The molecule has 0 saturated carbocycles. The predicted molar refractivity (Wildman–Crippen MR) is 319 cm³/mol. The summed E-state index contributed by atoms with van der Waals surface area (Å²) in [5.41, 5.74) is 15.1. The third-order valence-electron chi connectivity index (χ3n) is 14.9. The van der Waals surface area contributed by atoms with Gasteiger partial charge in [-0.1, -0.05) is 177 Å². The van der Waals surface area contributed by atoms with Crippen molar-refractivity contribution in [1.29, 1.82) is 0 Å². The highest BCUT2D eigenvalue weighted by Gasteiger charge is 2.52. The van der Waals surface area contributed by atoms with E-state index >= 15 is 0 Å². The molecular formula is C69H46Br2N4O6. The van der Waals surface area contributed by atoms with E-state index in [0.29, 0.717) is 84.1 Å². The van der Waals surface area contributed by atoms with E-state index in [2.05, 4.69) is 125 Å². The molecule has 0 atom stereocenters. The van der Waals surface area contributed by atoms with Gasteiger partial charge < -0.3 is 27.8 Å². The average molecular weight is 1190 g/mol. The van der Waals surface area contributed by atoms with Gasteiger partial charge in [0, 0.05) is 31.2 Å². The summed E-state index contributed by atoms with van der Waals surface area (Å²) in [4.78, 5) is 0. The number of hydrogen-bond donors (Lipinski definition) is 0. The number of hydrogen-bond acceptors (Lipinski definition) is 10. The topological polar surface area (TPSA) is 115 Å². The van der Waals surface area contributed by atoms with Crippen LogP contribution < -0.4 is 18.9 Å². The summed E-state index contributed by atoms with van der Waals surface area (Å²) < 4.78 is 40.7. The zero-order chi connectivity index (χ0) is 54.3. The molecule has 81 heavy (non-hydrogen) atoms. The second kappa shape index (κ2) is 21.4. The van der Waals surface area contributed by atoms with Gasteiger partial charge >= 0.3 is 0 Å². The lowest BCUT2D eigenvalue weighted by molar-refractivity contribution is 0.256. The van der Waals surface area contributed by atoms with Gasteiger partial charge in [0.25, 0.3) is 0 Å². The van der Waals surface area contributed by atoms with Crippen LogP contribution in [0.2, 0.25) is 0 Å². The fraction of sp³-hybridized carbons (Fsp3) is 0.0725. The van der Waals surface area contributed by atoms with Gasteiger partial charge in [0.15, 0.2) is 23.0 Å². The molecule has 0 radical (unpaired) electrons. The van der Waals surface area contributed by atoms with E-state index in [1.807, 2.05) is 158 Å². The summed E-state index contributed by atoms with van der Waals surface area (Å²) in [7, 11) is 0. The number of fused-ring (bicyclic) bond motifs is 10. The van der Waals surface area contributed by atoms with Crippen molar-refractivity contribution in [2.24, 2.45) is 0 Å². The van der Waals surface area contributed by atoms with E-state index in [0.717, 1.165) is 86.8 Å². The van der Waals surface area contributed by atoms with Gasteiger partial charge in [-0.05, 0) is 152 Å². The van der Waals surface area contributed by atoms with E-state index in [1.54, 1.807) is 0 Å². The molecule has 12 heteroatoms. The summed E-state index contributed by atoms with van der Waals surface area (Å²) >= 11 is 7.76. The van der Waals surface area contributed by atoms with Gasteiger partial charge in [0.2, 0.25) is 23.6 Å². The van der Waals surface area contributed by atoms with Gasteiger partial charge in [0.1, 0.15) is 26.4 Å². The maximum Gasteiger partial charge on any atom is 0.248 e.